The van der Waals surface area contributed by atoms with E-state index in [0.717, 1.165) is 24.2 Å². The van der Waals surface area contributed by atoms with Gasteiger partial charge >= 0.3 is 0 Å². The molecular weight excluding hydrogens is 312 g/mol. The topological polar surface area (TPSA) is 62.1 Å². The lowest BCUT2D eigenvalue weighted by Crippen LogP contribution is -2.30. The zero-order chi connectivity index (χ0) is 17.6. The van der Waals surface area contributed by atoms with Gasteiger partial charge in [-0.2, -0.15) is 5.26 Å². The molecule has 0 fully saturated rings. The molecule has 128 valence electrons. The third-order valence-corrected chi connectivity index (χ3v) is 4.53. The van der Waals surface area contributed by atoms with Crippen molar-refractivity contribution < 1.29 is 9.53 Å². The number of nitriles is 1. The summed E-state index contributed by atoms with van der Waals surface area (Å²) in [4.78, 5) is 12.4. The van der Waals surface area contributed by atoms with Crippen molar-refractivity contribution >= 4 is 11.6 Å². The van der Waals surface area contributed by atoms with Crippen molar-refractivity contribution in [1.29, 1.82) is 5.26 Å². The van der Waals surface area contributed by atoms with Gasteiger partial charge in [-0.25, -0.2) is 0 Å². The highest BCUT2D eigenvalue weighted by Crippen LogP contribution is 2.30. The molecule has 0 aromatic heterocycles. The molecule has 0 saturated carbocycles. The predicted octanol–water partition coefficient (Wildman–Crippen LogP) is 4.04. The lowest BCUT2D eigenvalue weighted by atomic mass is 9.91. The number of fused-ring (bicyclic) bond motifs is 1. The zero-order valence-electron chi connectivity index (χ0n) is 14.4. The molecule has 0 heterocycles. The molecule has 0 unspecified atom stereocenters. The molecule has 2 aromatic carbocycles. The lowest BCUT2D eigenvalue weighted by molar-refractivity contribution is -0.122. The molecule has 1 atom stereocenters. The second-order valence-corrected chi connectivity index (χ2v) is 6.38. The maximum Gasteiger partial charge on any atom is 0.265 e. The van der Waals surface area contributed by atoms with E-state index in [4.69, 9.17) is 10.00 Å². The average molecular weight is 334 g/mol. The zero-order valence-corrected chi connectivity index (χ0v) is 14.4. The lowest BCUT2D eigenvalue weighted by Gasteiger charge is -2.22. The second-order valence-electron chi connectivity index (χ2n) is 6.38. The number of carbonyl (C=O) groups is 1. The second kappa shape index (κ2) is 7.85. The Morgan fingerprint density at radius 2 is 1.96 bits per heavy atom. The van der Waals surface area contributed by atoms with Crippen LogP contribution in [0.2, 0.25) is 0 Å². The number of aryl methyl sites for hydroxylation is 1. The Morgan fingerprint density at radius 3 is 2.72 bits per heavy atom. The molecule has 0 bridgehead atoms. The number of anilines is 1. The number of benzene rings is 2. The number of hydrogen-bond acceptors (Lipinski definition) is 3. The van der Waals surface area contributed by atoms with Gasteiger partial charge in [-0.15, -0.1) is 0 Å². The van der Waals surface area contributed by atoms with Gasteiger partial charge in [-0.05, 0) is 67.5 Å². The Balaban J connectivity index is 1.64. The molecule has 3 rings (SSSR count). The first-order valence-electron chi connectivity index (χ1n) is 8.71. The van der Waals surface area contributed by atoms with E-state index in [9.17, 15) is 4.79 Å². The molecule has 1 aliphatic rings. The van der Waals surface area contributed by atoms with Crippen LogP contribution in [-0.4, -0.2) is 12.0 Å². The predicted molar refractivity (Wildman–Crippen MR) is 97.6 cm³/mol. The summed E-state index contributed by atoms with van der Waals surface area (Å²) in [6.45, 7) is 1.77. The van der Waals surface area contributed by atoms with E-state index in [2.05, 4.69) is 17.5 Å². The molecule has 0 radical (unpaired) electrons. The number of hydrogen-bond donors (Lipinski definition) is 1. The first-order valence-corrected chi connectivity index (χ1v) is 8.71. The molecule has 0 aliphatic heterocycles. The van der Waals surface area contributed by atoms with Crippen LogP contribution in [0.15, 0.2) is 42.5 Å². The van der Waals surface area contributed by atoms with E-state index >= 15 is 0 Å². The molecule has 2 aromatic rings. The third-order valence-electron chi connectivity index (χ3n) is 4.53. The van der Waals surface area contributed by atoms with E-state index in [-0.39, 0.29) is 5.91 Å². The van der Waals surface area contributed by atoms with Crippen molar-refractivity contribution in [2.45, 2.75) is 45.1 Å². The fourth-order valence-corrected chi connectivity index (χ4v) is 3.14. The Labute approximate surface area is 148 Å². The summed E-state index contributed by atoms with van der Waals surface area (Å²) in [5.41, 5.74) is 4.22. The average Bonchev–Trinajstić information content (AvgIpc) is 2.64. The normalized spacial score (nSPS) is 14.1. The van der Waals surface area contributed by atoms with Crippen LogP contribution in [0.5, 0.6) is 5.75 Å². The van der Waals surface area contributed by atoms with Crippen LogP contribution in [0.4, 0.5) is 5.69 Å². The number of carbonyl (C=O) groups excluding carboxylic acids is 1. The number of ether oxygens (including phenoxy) is 1. The number of nitrogens with one attached hydrogen (secondary N) is 1. The van der Waals surface area contributed by atoms with Crippen molar-refractivity contribution in [3.8, 4) is 11.8 Å². The Kier molecular flexibility index (Phi) is 5.35. The maximum absolute atomic E-state index is 12.4. The fourth-order valence-electron chi connectivity index (χ4n) is 3.14. The summed E-state index contributed by atoms with van der Waals surface area (Å²) >= 11 is 0. The van der Waals surface area contributed by atoms with Crippen molar-refractivity contribution in [1.82, 2.24) is 0 Å². The van der Waals surface area contributed by atoms with Crippen molar-refractivity contribution in [3.63, 3.8) is 0 Å². The monoisotopic (exact) mass is 334 g/mol. The first-order chi connectivity index (χ1) is 12.2. The largest absolute Gasteiger partial charge is 0.481 e. The molecule has 0 saturated heterocycles. The summed E-state index contributed by atoms with van der Waals surface area (Å²) in [5.74, 6) is 0.644. The number of amides is 1. The van der Waals surface area contributed by atoms with Crippen LogP contribution in [0.25, 0.3) is 0 Å². The summed E-state index contributed by atoms with van der Waals surface area (Å²) in [6, 6.07) is 15.5. The van der Waals surface area contributed by atoms with Gasteiger partial charge < -0.3 is 10.1 Å². The van der Waals surface area contributed by atoms with E-state index in [0.29, 0.717) is 12.1 Å². The SMILES string of the molecule is C[C@H](Oc1cccc2c1CCCC2)C(=O)Nc1ccc(CC#N)cc1. The van der Waals surface area contributed by atoms with E-state index in [1.165, 1.54) is 24.0 Å². The summed E-state index contributed by atoms with van der Waals surface area (Å²) < 4.78 is 5.95. The number of nitrogens with zero attached hydrogens (tertiary/aromatic N) is 1. The minimum absolute atomic E-state index is 0.179. The minimum Gasteiger partial charge on any atom is -0.481 e. The molecule has 0 spiro atoms. The smallest absolute Gasteiger partial charge is 0.265 e. The van der Waals surface area contributed by atoms with Gasteiger partial charge in [-0.3, -0.25) is 4.79 Å². The molecule has 4 nitrogen and oxygen atoms in total. The molecule has 1 aliphatic carbocycles. The maximum atomic E-state index is 12.4. The van der Waals surface area contributed by atoms with Crippen molar-refractivity contribution in [2.24, 2.45) is 0 Å². The van der Waals surface area contributed by atoms with Gasteiger partial charge in [0.2, 0.25) is 0 Å². The Morgan fingerprint density at radius 1 is 1.20 bits per heavy atom. The standard InChI is InChI=1S/C21H22N2O2/c1-15(21(24)23-18-11-9-16(10-12-18)13-14-22)25-20-8-4-6-17-5-2-3-7-19(17)20/h4,6,8-12,15H,2-3,5,7,13H2,1H3,(H,23,24)/t15-/m0/s1. The highest BCUT2D eigenvalue weighted by Gasteiger charge is 2.19. The van der Waals surface area contributed by atoms with Crippen LogP contribution in [0.3, 0.4) is 0 Å². The molecule has 1 amide bonds. The van der Waals surface area contributed by atoms with E-state index in [1.54, 1.807) is 6.92 Å². The Bertz CT molecular complexity index is 791. The highest BCUT2D eigenvalue weighted by atomic mass is 16.5. The molecule has 25 heavy (non-hydrogen) atoms. The van der Waals surface area contributed by atoms with Crippen LogP contribution in [-0.2, 0) is 24.1 Å². The highest BCUT2D eigenvalue weighted by molar-refractivity contribution is 5.94. The van der Waals surface area contributed by atoms with E-state index < -0.39 is 6.10 Å². The van der Waals surface area contributed by atoms with Crippen LogP contribution < -0.4 is 10.1 Å². The van der Waals surface area contributed by atoms with Crippen LogP contribution >= 0.6 is 0 Å². The quantitative estimate of drug-likeness (QED) is 0.897. The van der Waals surface area contributed by atoms with Gasteiger partial charge in [-0.1, -0.05) is 24.3 Å². The number of rotatable bonds is 5. The molecular formula is C21H22N2O2. The molecule has 4 heteroatoms. The van der Waals surface area contributed by atoms with Crippen molar-refractivity contribution in [3.05, 3.63) is 59.2 Å². The van der Waals surface area contributed by atoms with Gasteiger partial charge in [0, 0.05) is 5.69 Å². The first kappa shape index (κ1) is 17.0. The molecule has 1 N–H and O–H groups in total. The summed E-state index contributed by atoms with van der Waals surface area (Å²) in [7, 11) is 0. The van der Waals surface area contributed by atoms with Crippen molar-refractivity contribution in [2.75, 3.05) is 5.32 Å². The Hall–Kier alpha value is -2.80. The third kappa shape index (κ3) is 4.19. The van der Waals surface area contributed by atoms with E-state index in [1.807, 2.05) is 36.4 Å². The van der Waals surface area contributed by atoms with Gasteiger partial charge in [0.25, 0.3) is 5.91 Å². The van der Waals surface area contributed by atoms with Gasteiger partial charge in [0.1, 0.15) is 5.75 Å². The van der Waals surface area contributed by atoms with Gasteiger partial charge in [0.15, 0.2) is 6.10 Å². The van der Waals surface area contributed by atoms with Gasteiger partial charge in [0.05, 0.1) is 12.5 Å². The summed E-state index contributed by atoms with van der Waals surface area (Å²) in [6.07, 6.45) is 4.28. The van der Waals surface area contributed by atoms with Crippen LogP contribution in [0.1, 0.15) is 36.5 Å². The fraction of sp³-hybridized carbons (Fsp3) is 0.333. The summed E-state index contributed by atoms with van der Waals surface area (Å²) in [5, 5.41) is 11.6. The van der Waals surface area contributed by atoms with Crippen LogP contribution in [0, 0.1) is 11.3 Å². The minimum atomic E-state index is -0.577.